The Labute approximate surface area is 147 Å². The molecule has 1 unspecified atom stereocenters. The van der Waals surface area contributed by atoms with E-state index >= 15 is 0 Å². The number of nitrogens with zero attached hydrogens (tertiary/aromatic N) is 2. The Bertz CT molecular complexity index is 613. The predicted octanol–water partition coefficient (Wildman–Crippen LogP) is 3.55. The fraction of sp³-hybridized carbons (Fsp3) is 0.462. The van der Waals surface area contributed by atoms with Crippen LogP contribution in [0.3, 0.4) is 0 Å². The second-order valence-corrected chi connectivity index (χ2v) is 6.40. The zero-order valence-corrected chi connectivity index (χ0v) is 15.1. The van der Waals surface area contributed by atoms with Gasteiger partial charge in [0.1, 0.15) is 16.7 Å². The third-order valence-electron chi connectivity index (χ3n) is 2.33. The molecule has 10 heteroatoms. The van der Waals surface area contributed by atoms with Crippen molar-refractivity contribution in [3.63, 3.8) is 0 Å². The zero-order chi connectivity index (χ0) is 17.6. The van der Waals surface area contributed by atoms with Gasteiger partial charge in [-0.1, -0.05) is 40.1 Å². The molecule has 0 radical (unpaired) electrons. The summed E-state index contributed by atoms with van der Waals surface area (Å²) in [5.74, 6) is -0.909. The van der Waals surface area contributed by atoms with Gasteiger partial charge in [-0.2, -0.15) is 9.37 Å². The Balaban J connectivity index is 2.57. The van der Waals surface area contributed by atoms with Crippen molar-refractivity contribution < 1.29 is 18.8 Å². The van der Waals surface area contributed by atoms with Gasteiger partial charge < -0.3 is 15.3 Å². The summed E-state index contributed by atoms with van der Waals surface area (Å²) in [4.78, 5) is 20.3. The second kappa shape index (κ2) is 9.14. The van der Waals surface area contributed by atoms with Crippen molar-refractivity contribution in [2.24, 2.45) is 5.16 Å². The first kappa shape index (κ1) is 19.8. The van der Waals surface area contributed by atoms with E-state index in [4.69, 9.17) is 38.5 Å². The minimum absolute atomic E-state index is 0.142. The van der Waals surface area contributed by atoms with Crippen molar-refractivity contribution in [1.29, 1.82) is 0 Å². The Morgan fingerprint density at radius 2 is 2.09 bits per heavy atom. The highest BCUT2D eigenvalue weighted by Gasteiger charge is 2.21. The number of rotatable bonds is 7. The van der Waals surface area contributed by atoms with Gasteiger partial charge >= 0.3 is 0 Å². The van der Waals surface area contributed by atoms with Crippen molar-refractivity contribution in [2.75, 3.05) is 18.1 Å². The molecule has 1 heterocycles. The molecular weight excluding hydrogens is 368 g/mol. The largest absolute Gasteiger partial charge is 0.464 e. The van der Waals surface area contributed by atoms with Gasteiger partial charge in [0.25, 0.3) is 0 Å². The highest BCUT2D eigenvalue weighted by molar-refractivity contribution is 8.13. The summed E-state index contributed by atoms with van der Waals surface area (Å²) in [5, 5.41) is 2.91. The number of thioether (sulfide) groups is 1. The third kappa shape index (κ3) is 6.04. The molecule has 0 saturated heterocycles. The van der Waals surface area contributed by atoms with E-state index in [1.54, 1.807) is 13.8 Å². The number of nitrogen functional groups attached to an aromatic ring is 1. The summed E-state index contributed by atoms with van der Waals surface area (Å²) in [6.07, 6.45) is -0.901. The van der Waals surface area contributed by atoms with Crippen molar-refractivity contribution in [1.82, 2.24) is 4.98 Å². The lowest BCUT2D eigenvalue weighted by Gasteiger charge is -2.14. The summed E-state index contributed by atoms with van der Waals surface area (Å²) in [7, 11) is 0. The molecule has 0 saturated carbocycles. The van der Waals surface area contributed by atoms with Gasteiger partial charge in [-0.25, -0.2) is 0 Å². The summed E-state index contributed by atoms with van der Waals surface area (Å²) in [6.45, 7) is 5.35. The van der Waals surface area contributed by atoms with Gasteiger partial charge in [-0.05, 0) is 20.8 Å². The molecule has 0 aliphatic rings. The van der Waals surface area contributed by atoms with Crippen LogP contribution >= 0.6 is 35.0 Å². The van der Waals surface area contributed by atoms with E-state index in [0.717, 1.165) is 17.5 Å². The number of hydrogen-bond acceptors (Lipinski definition) is 7. The number of pyridine rings is 1. The molecule has 0 aliphatic heterocycles. The molecule has 0 amide bonds. The molecule has 0 aliphatic carbocycles. The minimum Gasteiger partial charge on any atom is -0.464 e. The van der Waals surface area contributed by atoms with Gasteiger partial charge in [0.2, 0.25) is 16.9 Å². The van der Waals surface area contributed by atoms with Crippen molar-refractivity contribution in [3.8, 4) is 5.88 Å². The normalized spacial score (nSPS) is 11.7. The second-order valence-electron chi connectivity index (χ2n) is 4.55. The number of carbonyl (C=O) groups excluding carboxylic acids is 1. The highest BCUT2D eigenvalue weighted by Crippen LogP contribution is 2.35. The molecule has 0 spiro atoms. The number of carbonyl (C=O) groups is 1. The average molecular weight is 384 g/mol. The molecule has 1 aromatic rings. The van der Waals surface area contributed by atoms with Crippen LogP contribution in [0.15, 0.2) is 5.16 Å². The van der Waals surface area contributed by atoms with Crippen LogP contribution in [0, 0.1) is 5.95 Å². The third-order valence-corrected chi connectivity index (χ3v) is 4.04. The molecule has 1 rings (SSSR count). The van der Waals surface area contributed by atoms with Crippen molar-refractivity contribution >= 4 is 51.5 Å². The summed E-state index contributed by atoms with van der Waals surface area (Å²) in [5.41, 5.74) is 6.12. The van der Waals surface area contributed by atoms with E-state index in [1.807, 2.05) is 0 Å². The lowest BCUT2D eigenvalue weighted by atomic mass is 10.4. The minimum atomic E-state index is -1.02. The molecule has 0 fully saturated rings. The fourth-order valence-electron chi connectivity index (χ4n) is 1.28. The fourth-order valence-corrected chi connectivity index (χ4v) is 2.28. The van der Waals surface area contributed by atoms with E-state index in [2.05, 4.69) is 10.1 Å². The van der Waals surface area contributed by atoms with Gasteiger partial charge in [0, 0.05) is 5.75 Å². The zero-order valence-electron chi connectivity index (χ0n) is 12.7. The first-order valence-corrected chi connectivity index (χ1v) is 8.24. The maximum Gasteiger partial charge on any atom is 0.238 e. The van der Waals surface area contributed by atoms with E-state index in [0.29, 0.717) is 5.75 Å². The molecule has 0 bridgehead atoms. The van der Waals surface area contributed by atoms with E-state index in [1.165, 1.54) is 6.92 Å². The smallest absolute Gasteiger partial charge is 0.238 e. The van der Waals surface area contributed by atoms with Crippen LogP contribution in [-0.4, -0.2) is 34.3 Å². The Kier molecular flexibility index (Phi) is 7.87. The lowest BCUT2D eigenvalue weighted by Crippen LogP contribution is -2.22. The number of halogens is 3. The van der Waals surface area contributed by atoms with Crippen molar-refractivity contribution in [2.45, 2.75) is 26.9 Å². The number of nitrogens with two attached hydrogens (primary N) is 1. The van der Waals surface area contributed by atoms with Crippen LogP contribution in [-0.2, 0) is 9.63 Å². The molecule has 1 atom stereocenters. The standard InChI is InChI=1S/C13H16Cl2FN3O3S/c1-6(2)19-21-4-5-23-13(20)7(3)22-12-9(15)10(17)8(14)11(16)18-12/h7H,4-5H2,1-3H3,(H2,17,18). The number of hydrogen-bond donors (Lipinski definition) is 1. The molecule has 2 N–H and O–H groups in total. The molecule has 6 nitrogen and oxygen atoms in total. The number of ether oxygens (including phenoxy) is 1. The summed E-state index contributed by atoms with van der Waals surface area (Å²) in [6, 6.07) is 0. The van der Waals surface area contributed by atoms with Crippen LogP contribution in [0.2, 0.25) is 10.0 Å². The SMILES string of the molecule is CC(C)=NOCCSC(=O)C(C)Oc1nc(F)c(Cl)c(N)c1Cl. The van der Waals surface area contributed by atoms with Crippen LogP contribution in [0.4, 0.5) is 10.1 Å². The Morgan fingerprint density at radius 3 is 2.70 bits per heavy atom. The summed E-state index contributed by atoms with van der Waals surface area (Å²) >= 11 is 12.4. The van der Waals surface area contributed by atoms with Gasteiger partial charge in [0.05, 0.1) is 11.4 Å². The van der Waals surface area contributed by atoms with E-state index in [-0.39, 0.29) is 33.3 Å². The number of anilines is 1. The molecule has 128 valence electrons. The van der Waals surface area contributed by atoms with E-state index < -0.39 is 12.1 Å². The summed E-state index contributed by atoms with van der Waals surface area (Å²) < 4.78 is 18.7. The van der Waals surface area contributed by atoms with E-state index in [9.17, 15) is 9.18 Å². The van der Waals surface area contributed by atoms with Crippen LogP contribution < -0.4 is 10.5 Å². The lowest BCUT2D eigenvalue weighted by molar-refractivity contribution is -0.116. The topological polar surface area (TPSA) is 86.8 Å². The van der Waals surface area contributed by atoms with Crippen molar-refractivity contribution in [3.05, 3.63) is 16.0 Å². The van der Waals surface area contributed by atoms with Gasteiger partial charge in [0.15, 0.2) is 6.10 Å². The van der Waals surface area contributed by atoms with Crippen LogP contribution in [0.1, 0.15) is 20.8 Å². The number of aromatic nitrogens is 1. The average Bonchev–Trinajstić information content (AvgIpc) is 2.49. The van der Waals surface area contributed by atoms with Crippen LogP contribution in [0.5, 0.6) is 5.88 Å². The number of oxime groups is 1. The Morgan fingerprint density at radius 1 is 1.43 bits per heavy atom. The highest BCUT2D eigenvalue weighted by atomic mass is 35.5. The van der Waals surface area contributed by atoms with Gasteiger partial charge in [-0.15, -0.1) is 0 Å². The molecule has 0 aromatic carbocycles. The molecule has 23 heavy (non-hydrogen) atoms. The van der Waals surface area contributed by atoms with Crippen LogP contribution in [0.25, 0.3) is 0 Å². The molecular formula is C13H16Cl2FN3O3S. The molecule has 1 aromatic heterocycles. The maximum absolute atomic E-state index is 13.4. The first-order valence-electron chi connectivity index (χ1n) is 6.50. The Hall–Kier alpha value is -1.25. The quantitative estimate of drug-likeness (QED) is 0.335. The maximum atomic E-state index is 13.4. The predicted molar refractivity (Wildman–Crippen MR) is 90.9 cm³/mol. The monoisotopic (exact) mass is 383 g/mol. The first-order chi connectivity index (χ1) is 10.7. The van der Waals surface area contributed by atoms with Gasteiger partial charge in [-0.3, -0.25) is 4.79 Å².